The topological polar surface area (TPSA) is 84.9 Å². The van der Waals surface area contributed by atoms with E-state index >= 15 is 0 Å². The molecule has 1 atom stereocenters. The highest BCUT2D eigenvalue weighted by Crippen LogP contribution is 2.46. The van der Waals surface area contributed by atoms with Crippen LogP contribution in [0.2, 0.25) is 0 Å². The van der Waals surface area contributed by atoms with Crippen LogP contribution in [0.15, 0.2) is 39.1 Å². The number of esters is 1. The van der Waals surface area contributed by atoms with Gasteiger partial charge in [-0.15, -0.1) is 0 Å². The number of carbonyl (C=O) groups is 2. The molecule has 29 heavy (non-hydrogen) atoms. The number of dihydropyridines is 1. The molecule has 6 nitrogen and oxygen atoms in total. The summed E-state index contributed by atoms with van der Waals surface area (Å²) in [6, 6.07) is 3.40. The van der Waals surface area contributed by atoms with E-state index in [1.807, 2.05) is 13.8 Å². The number of allylic oxidation sites excluding steroid dienone is 3. The molecule has 0 aromatic heterocycles. The van der Waals surface area contributed by atoms with Gasteiger partial charge in [0, 0.05) is 29.3 Å². The smallest absolute Gasteiger partial charge is 0.336 e. The number of benzene rings is 1. The number of aromatic hydroxyl groups is 1. The number of ketones is 1. The first kappa shape index (κ1) is 21.4. The zero-order valence-corrected chi connectivity index (χ0v) is 18.5. The summed E-state index contributed by atoms with van der Waals surface area (Å²) in [6.07, 6.45) is 3.68. The number of carbonyl (C=O) groups excluding carboxylic acids is 2. The fourth-order valence-electron chi connectivity index (χ4n) is 3.89. The van der Waals surface area contributed by atoms with E-state index < -0.39 is 11.9 Å². The van der Waals surface area contributed by atoms with Gasteiger partial charge in [-0.3, -0.25) is 4.79 Å². The predicted octanol–water partition coefficient (Wildman–Crippen LogP) is 4.47. The van der Waals surface area contributed by atoms with Crippen molar-refractivity contribution in [1.29, 1.82) is 0 Å². The second kappa shape index (κ2) is 9.03. The summed E-state index contributed by atoms with van der Waals surface area (Å²) in [5.74, 6) is -0.726. The highest BCUT2D eigenvalue weighted by Gasteiger charge is 2.39. The van der Waals surface area contributed by atoms with Crippen molar-refractivity contribution in [1.82, 2.24) is 5.32 Å². The number of hydrogen-bond donors (Lipinski definition) is 2. The summed E-state index contributed by atoms with van der Waals surface area (Å²) < 4.78 is 11.2. The number of phenols is 1. The zero-order valence-electron chi connectivity index (χ0n) is 16.9. The second-order valence-electron chi connectivity index (χ2n) is 7.31. The van der Waals surface area contributed by atoms with E-state index in [2.05, 4.69) is 21.2 Å². The maximum Gasteiger partial charge on any atom is 0.336 e. The van der Waals surface area contributed by atoms with Gasteiger partial charge in [0.1, 0.15) is 0 Å². The molecule has 7 heteroatoms. The SMILES string of the molecule is CCCCOC(=O)C1=C(C)NC2=C(C(=O)CCC2)[C@H]1c1cc(Br)c(O)c(OC)c1. The molecule has 0 spiro atoms. The van der Waals surface area contributed by atoms with Gasteiger partial charge >= 0.3 is 5.97 Å². The molecule has 1 heterocycles. The van der Waals surface area contributed by atoms with Crippen molar-refractivity contribution in [2.24, 2.45) is 0 Å². The van der Waals surface area contributed by atoms with Crippen molar-refractivity contribution >= 4 is 27.7 Å². The summed E-state index contributed by atoms with van der Waals surface area (Å²) in [4.78, 5) is 25.9. The minimum absolute atomic E-state index is 0.0258. The molecule has 0 fully saturated rings. The molecule has 0 saturated carbocycles. The fraction of sp³-hybridized carbons (Fsp3) is 0.455. The lowest BCUT2D eigenvalue weighted by molar-refractivity contribution is -0.139. The van der Waals surface area contributed by atoms with E-state index in [4.69, 9.17) is 9.47 Å². The summed E-state index contributed by atoms with van der Waals surface area (Å²) in [5.41, 5.74) is 3.27. The number of halogens is 1. The molecule has 156 valence electrons. The lowest BCUT2D eigenvalue weighted by Crippen LogP contribution is -2.34. The standard InChI is InChI=1S/C22H26BrNO5/c1-4-5-9-29-22(27)18-12(2)24-15-7-6-8-16(25)20(15)19(18)13-10-14(23)21(26)17(11-13)28-3/h10-11,19,24,26H,4-9H2,1-3H3/t19-/m0/s1. The van der Waals surface area contributed by atoms with Crippen LogP contribution in [-0.4, -0.2) is 30.6 Å². The van der Waals surface area contributed by atoms with Crippen LogP contribution < -0.4 is 10.1 Å². The van der Waals surface area contributed by atoms with Crippen LogP contribution in [-0.2, 0) is 14.3 Å². The molecule has 3 rings (SSSR count). The van der Waals surface area contributed by atoms with E-state index in [0.29, 0.717) is 39.9 Å². The Morgan fingerprint density at radius 3 is 2.79 bits per heavy atom. The van der Waals surface area contributed by atoms with Crippen molar-refractivity contribution in [3.63, 3.8) is 0 Å². The number of phenolic OH excluding ortho intramolecular Hbond substituents is 1. The maximum absolute atomic E-state index is 13.0. The molecule has 0 unspecified atom stereocenters. The normalized spacial score (nSPS) is 19.0. The second-order valence-corrected chi connectivity index (χ2v) is 8.16. The van der Waals surface area contributed by atoms with Crippen molar-refractivity contribution in [3.05, 3.63) is 44.7 Å². The first-order chi connectivity index (χ1) is 13.9. The number of nitrogens with one attached hydrogen (secondary N) is 1. The quantitative estimate of drug-likeness (QED) is 0.477. The first-order valence-corrected chi connectivity index (χ1v) is 10.7. The summed E-state index contributed by atoms with van der Waals surface area (Å²) >= 11 is 3.35. The number of ether oxygens (including phenoxy) is 2. The Morgan fingerprint density at radius 1 is 1.34 bits per heavy atom. The molecule has 0 amide bonds. The fourth-order valence-corrected chi connectivity index (χ4v) is 4.35. The average molecular weight is 464 g/mol. The Morgan fingerprint density at radius 2 is 2.10 bits per heavy atom. The van der Waals surface area contributed by atoms with Crippen LogP contribution in [0.3, 0.4) is 0 Å². The monoisotopic (exact) mass is 463 g/mol. The van der Waals surface area contributed by atoms with E-state index in [1.165, 1.54) is 7.11 Å². The molecular weight excluding hydrogens is 438 g/mol. The molecule has 0 saturated heterocycles. The Labute approximate surface area is 179 Å². The van der Waals surface area contributed by atoms with Gasteiger partial charge in [-0.25, -0.2) is 4.79 Å². The number of rotatable bonds is 6. The van der Waals surface area contributed by atoms with E-state index in [0.717, 1.165) is 31.4 Å². The lowest BCUT2D eigenvalue weighted by Gasteiger charge is -2.34. The minimum atomic E-state index is -0.570. The molecule has 1 aromatic rings. The predicted molar refractivity (Wildman–Crippen MR) is 113 cm³/mol. The van der Waals surface area contributed by atoms with Gasteiger partial charge in [-0.2, -0.15) is 0 Å². The Hall–Kier alpha value is -2.28. The first-order valence-electron chi connectivity index (χ1n) is 9.86. The molecule has 1 aromatic carbocycles. The van der Waals surface area contributed by atoms with Crippen LogP contribution in [0.25, 0.3) is 0 Å². The number of unbranched alkanes of at least 4 members (excludes halogenated alkanes) is 1. The number of hydrogen-bond acceptors (Lipinski definition) is 6. The zero-order chi connectivity index (χ0) is 21.1. The maximum atomic E-state index is 13.0. The average Bonchev–Trinajstić information content (AvgIpc) is 2.69. The number of methoxy groups -OCH3 is 1. The van der Waals surface area contributed by atoms with Crippen molar-refractivity contribution < 1.29 is 24.2 Å². The lowest BCUT2D eigenvalue weighted by atomic mass is 9.75. The molecular formula is C22H26BrNO5. The van der Waals surface area contributed by atoms with E-state index in [1.54, 1.807) is 12.1 Å². The van der Waals surface area contributed by atoms with E-state index in [9.17, 15) is 14.7 Å². The minimum Gasteiger partial charge on any atom is -0.503 e. The summed E-state index contributed by atoms with van der Waals surface area (Å²) in [7, 11) is 1.46. The summed E-state index contributed by atoms with van der Waals surface area (Å²) in [6.45, 7) is 4.20. The molecule has 0 radical (unpaired) electrons. The molecule has 2 N–H and O–H groups in total. The Balaban J connectivity index is 2.13. The van der Waals surface area contributed by atoms with Crippen molar-refractivity contribution in [3.8, 4) is 11.5 Å². The van der Waals surface area contributed by atoms with Crippen LogP contribution in [0.4, 0.5) is 0 Å². The third-order valence-corrected chi connectivity index (χ3v) is 5.94. The van der Waals surface area contributed by atoms with Crippen molar-refractivity contribution in [2.45, 2.75) is 51.9 Å². The molecule has 1 aliphatic carbocycles. The highest BCUT2D eigenvalue weighted by molar-refractivity contribution is 9.10. The van der Waals surface area contributed by atoms with E-state index in [-0.39, 0.29) is 17.3 Å². The summed E-state index contributed by atoms with van der Waals surface area (Å²) in [5, 5.41) is 13.5. The van der Waals surface area contributed by atoms with Gasteiger partial charge in [-0.1, -0.05) is 13.3 Å². The van der Waals surface area contributed by atoms with Gasteiger partial charge in [-0.05, 0) is 59.8 Å². The van der Waals surface area contributed by atoms with Crippen LogP contribution >= 0.6 is 15.9 Å². The van der Waals surface area contributed by atoms with Crippen LogP contribution in [0.1, 0.15) is 57.4 Å². The van der Waals surface area contributed by atoms with Gasteiger partial charge in [0.25, 0.3) is 0 Å². The highest BCUT2D eigenvalue weighted by atomic mass is 79.9. The van der Waals surface area contributed by atoms with Gasteiger partial charge < -0.3 is 19.9 Å². The third-order valence-electron chi connectivity index (χ3n) is 5.33. The van der Waals surface area contributed by atoms with Gasteiger partial charge in [0.15, 0.2) is 17.3 Å². The molecule has 2 aliphatic rings. The molecule has 0 bridgehead atoms. The van der Waals surface area contributed by atoms with Gasteiger partial charge in [0.05, 0.1) is 23.8 Å². The van der Waals surface area contributed by atoms with Gasteiger partial charge in [0.2, 0.25) is 0 Å². The Bertz CT molecular complexity index is 903. The number of Topliss-reactive ketones (excluding diaryl/α,β-unsaturated/α-hetero) is 1. The van der Waals surface area contributed by atoms with Crippen LogP contribution in [0, 0.1) is 0 Å². The van der Waals surface area contributed by atoms with Crippen molar-refractivity contribution in [2.75, 3.05) is 13.7 Å². The third kappa shape index (κ3) is 4.20. The molecule has 1 aliphatic heterocycles. The van der Waals surface area contributed by atoms with Crippen LogP contribution in [0.5, 0.6) is 11.5 Å². The Kier molecular flexibility index (Phi) is 6.67. The largest absolute Gasteiger partial charge is 0.503 e.